The number of ether oxygens (including phenoxy) is 1. The summed E-state index contributed by atoms with van der Waals surface area (Å²) < 4.78 is 5.49. The van der Waals surface area contributed by atoms with Crippen molar-refractivity contribution in [3.8, 4) is 5.75 Å². The summed E-state index contributed by atoms with van der Waals surface area (Å²) in [5.41, 5.74) is 1.69. The van der Waals surface area contributed by atoms with Crippen LogP contribution in [0.3, 0.4) is 0 Å². The van der Waals surface area contributed by atoms with Crippen molar-refractivity contribution in [2.24, 2.45) is 0 Å². The second-order valence-corrected chi connectivity index (χ2v) is 9.22. The fourth-order valence-electron chi connectivity index (χ4n) is 3.86. The number of methoxy groups -OCH3 is 1. The van der Waals surface area contributed by atoms with Crippen LogP contribution in [0.15, 0.2) is 48.2 Å². The molecular weight excluding hydrogens is 406 g/mol. The van der Waals surface area contributed by atoms with E-state index < -0.39 is 17.7 Å². The lowest BCUT2D eigenvalue weighted by Crippen LogP contribution is -2.35. The van der Waals surface area contributed by atoms with Gasteiger partial charge in [-0.25, -0.2) is 0 Å². The lowest BCUT2D eigenvalue weighted by Gasteiger charge is -2.26. The van der Waals surface area contributed by atoms with E-state index in [4.69, 9.17) is 4.74 Å². The Morgan fingerprint density at radius 1 is 1.19 bits per heavy atom. The van der Waals surface area contributed by atoms with Gasteiger partial charge in [0.2, 0.25) is 0 Å². The molecule has 7 heteroatoms. The van der Waals surface area contributed by atoms with Crippen LogP contribution in [0.5, 0.6) is 5.75 Å². The smallest absolute Gasteiger partial charge is 0.295 e. The number of pyridine rings is 1. The van der Waals surface area contributed by atoms with Crippen LogP contribution in [0.2, 0.25) is 0 Å². The van der Waals surface area contributed by atoms with Gasteiger partial charge in [0.15, 0.2) is 0 Å². The molecule has 1 atom stereocenters. The van der Waals surface area contributed by atoms with Gasteiger partial charge in [-0.1, -0.05) is 26.8 Å². The zero-order valence-corrected chi connectivity index (χ0v) is 19.5. The molecule has 1 aromatic heterocycles. The summed E-state index contributed by atoms with van der Waals surface area (Å²) in [6.07, 6.45) is 1.62. The van der Waals surface area contributed by atoms with Gasteiger partial charge in [0.05, 0.1) is 18.4 Å². The quantitative estimate of drug-likeness (QED) is 0.424. The maximum atomic E-state index is 13.1. The van der Waals surface area contributed by atoms with E-state index in [1.54, 1.807) is 43.6 Å². The van der Waals surface area contributed by atoms with Gasteiger partial charge in [-0.2, -0.15) is 0 Å². The van der Waals surface area contributed by atoms with Crippen LogP contribution in [0.25, 0.3) is 5.76 Å². The van der Waals surface area contributed by atoms with Gasteiger partial charge < -0.3 is 19.6 Å². The minimum Gasteiger partial charge on any atom is -0.507 e. The van der Waals surface area contributed by atoms with Crippen molar-refractivity contribution in [2.75, 3.05) is 34.3 Å². The van der Waals surface area contributed by atoms with Crippen molar-refractivity contribution in [3.05, 3.63) is 65.0 Å². The molecule has 2 heterocycles. The standard InChI is InChI=1S/C25H31N3O4/c1-25(2,3)17-15-16(10-11-19(17)32-6)22(29)20-21(18-9-7-8-12-26-18)28(14-13-27(4)5)24(31)23(20)30/h7-12,15,21,29H,13-14H2,1-6H3/b22-20-. The zero-order chi connectivity index (χ0) is 23.6. The highest BCUT2D eigenvalue weighted by Gasteiger charge is 2.46. The fourth-order valence-corrected chi connectivity index (χ4v) is 3.86. The van der Waals surface area contributed by atoms with Crippen molar-refractivity contribution in [3.63, 3.8) is 0 Å². The molecule has 7 nitrogen and oxygen atoms in total. The van der Waals surface area contributed by atoms with Crippen LogP contribution in [-0.4, -0.2) is 65.9 Å². The average molecular weight is 438 g/mol. The average Bonchev–Trinajstić information content (AvgIpc) is 3.01. The van der Waals surface area contributed by atoms with Crippen molar-refractivity contribution >= 4 is 17.4 Å². The first-order chi connectivity index (χ1) is 15.1. The van der Waals surface area contributed by atoms with E-state index in [0.717, 1.165) is 5.56 Å². The summed E-state index contributed by atoms with van der Waals surface area (Å²) >= 11 is 0. The molecule has 0 spiro atoms. The molecule has 1 amide bonds. The van der Waals surface area contributed by atoms with E-state index in [1.165, 1.54) is 4.90 Å². The van der Waals surface area contributed by atoms with E-state index in [-0.39, 0.29) is 16.7 Å². The Bertz CT molecular complexity index is 1040. The van der Waals surface area contributed by atoms with E-state index in [9.17, 15) is 14.7 Å². The maximum absolute atomic E-state index is 13.1. The van der Waals surface area contributed by atoms with Gasteiger partial charge in [0.1, 0.15) is 17.6 Å². The second-order valence-electron chi connectivity index (χ2n) is 9.22. The van der Waals surface area contributed by atoms with Gasteiger partial charge in [-0.05, 0) is 49.8 Å². The Labute approximate surface area is 189 Å². The number of benzene rings is 1. The predicted molar refractivity (Wildman–Crippen MR) is 123 cm³/mol. The molecule has 2 aromatic rings. The molecule has 1 aromatic carbocycles. The van der Waals surface area contributed by atoms with Crippen molar-refractivity contribution in [2.45, 2.75) is 32.2 Å². The third kappa shape index (κ3) is 4.53. The number of carbonyl (C=O) groups is 2. The summed E-state index contributed by atoms with van der Waals surface area (Å²) in [5, 5.41) is 11.3. The van der Waals surface area contributed by atoms with Crippen LogP contribution in [-0.2, 0) is 15.0 Å². The molecular formula is C25H31N3O4. The lowest BCUT2D eigenvalue weighted by atomic mass is 9.84. The summed E-state index contributed by atoms with van der Waals surface area (Å²) in [5.74, 6) is -0.847. The van der Waals surface area contributed by atoms with Gasteiger partial charge in [-0.3, -0.25) is 14.6 Å². The van der Waals surface area contributed by atoms with Crippen LogP contribution in [0.1, 0.15) is 43.6 Å². The number of Topliss-reactive ketones (excluding diaryl/α,β-unsaturated/α-hetero) is 1. The Morgan fingerprint density at radius 2 is 1.91 bits per heavy atom. The number of aliphatic hydroxyl groups is 1. The molecule has 0 aliphatic carbocycles. The first kappa shape index (κ1) is 23.5. The third-order valence-electron chi connectivity index (χ3n) is 5.58. The molecule has 0 radical (unpaired) electrons. The number of carbonyl (C=O) groups excluding carboxylic acids is 2. The fraction of sp³-hybridized carbons (Fsp3) is 0.400. The summed E-state index contributed by atoms with van der Waals surface area (Å²) in [6.45, 7) is 7.05. The number of ketones is 1. The van der Waals surface area contributed by atoms with Gasteiger partial charge in [-0.15, -0.1) is 0 Å². The number of aromatic nitrogens is 1. The zero-order valence-electron chi connectivity index (χ0n) is 19.5. The Morgan fingerprint density at radius 3 is 2.47 bits per heavy atom. The third-order valence-corrected chi connectivity index (χ3v) is 5.58. The van der Waals surface area contributed by atoms with E-state index in [0.29, 0.717) is 30.1 Å². The molecule has 0 saturated carbocycles. The van der Waals surface area contributed by atoms with E-state index >= 15 is 0 Å². The predicted octanol–water partition coefficient (Wildman–Crippen LogP) is 3.37. The van der Waals surface area contributed by atoms with Crippen molar-refractivity contribution < 1.29 is 19.4 Å². The summed E-state index contributed by atoms with van der Waals surface area (Å²) in [6, 6.07) is 9.88. The van der Waals surface area contributed by atoms with Crippen LogP contribution >= 0.6 is 0 Å². The van der Waals surface area contributed by atoms with Crippen LogP contribution in [0, 0.1) is 0 Å². The molecule has 32 heavy (non-hydrogen) atoms. The highest BCUT2D eigenvalue weighted by Crippen LogP contribution is 2.40. The van der Waals surface area contributed by atoms with Crippen molar-refractivity contribution in [1.82, 2.24) is 14.8 Å². The maximum Gasteiger partial charge on any atom is 0.295 e. The number of rotatable bonds is 6. The second kappa shape index (κ2) is 9.12. The highest BCUT2D eigenvalue weighted by atomic mass is 16.5. The van der Waals surface area contributed by atoms with Crippen LogP contribution < -0.4 is 4.74 Å². The van der Waals surface area contributed by atoms with E-state index in [1.807, 2.05) is 45.8 Å². The molecule has 170 valence electrons. The number of likely N-dealkylation sites (tertiary alicyclic amines) is 1. The topological polar surface area (TPSA) is 83.0 Å². The molecule has 3 rings (SSSR count). The summed E-state index contributed by atoms with van der Waals surface area (Å²) in [4.78, 5) is 33.8. The molecule has 1 aliphatic rings. The van der Waals surface area contributed by atoms with Gasteiger partial charge in [0.25, 0.3) is 11.7 Å². The molecule has 0 bridgehead atoms. The molecule has 1 N–H and O–H groups in total. The van der Waals surface area contributed by atoms with Gasteiger partial charge in [0, 0.05) is 30.4 Å². The SMILES string of the molecule is COc1ccc(/C(O)=C2/C(=O)C(=O)N(CCN(C)C)C2c2ccccn2)cc1C(C)(C)C. The number of hydrogen-bond donors (Lipinski definition) is 1. The minimum absolute atomic E-state index is 0.0532. The minimum atomic E-state index is -0.753. The highest BCUT2D eigenvalue weighted by molar-refractivity contribution is 6.46. The normalized spacial score (nSPS) is 18.5. The number of aliphatic hydroxyl groups excluding tert-OH is 1. The van der Waals surface area contributed by atoms with Crippen molar-refractivity contribution in [1.29, 1.82) is 0 Å². The lowest BCUT2D eigenvalue weighted by molar-refractivity contribution is -0.140. The van der Waals surface area contributed by atoms with Crippen LogP contribution in [0.4, 0.5) is 0 Å². The number of amides is 1. The molecule has 1 fully saturated rings. The Kier molecular flexibility index (Phi) is 6.69. The number of nitrogens with zero attached hydrogens (tertiary/aromatic N) is 3. The molecule has 1 unspecified atom stereocenters. The monoisotopic (exact) mass is 437 g/mol. The number of likely N-dealkylation sites (N-methyl/N-ethyl adjacent to an activating group) is 1. The molecule has 1 aliphatic heterocycles. The van der Waals surface area contributed by atoms with E-state index in [2.05, 4.69) is 4.98 Å². The first-order valence-corrected chi connectivity index (χ1v) is 10.6. The Hall–Kier alpha value is -3.19. The first-order valence-electron chi connectivity index (χ1n) is 10.6. The number of hydrogen-bond acceptors (Lipinski definition) is 6. The molecule has 1 saturated heterocycles. The summed E-state index contributed by atoms with van der Waals surface area (Å²) in [7, 11) is 5.40. The van der Waals surface area contributed by atoms with Gasteiger partial charge >= 0.3 is 0 Å². The largest absolute Gasteiger partial charge is 0.507 e. The Balaban J connectivity index is 2.18.